The molecule has 3 unspecified atom stereocenters. The van der Waals surface area contributed by atoms with Gasteiger partial charge in [-0.3, -0.25) is 19.3 Å². The van der Waals surface area contributed by atoms with E-state index < -0.39 is 40.4 Å². The van der Waals surface area contributed by atoms with Gasteiger partial charge >= 0.3 is 0 Å². The lowest BCUT2D eigenvalue weighted by atomic mass is 9.81. The summed E-state index contributed by atoms with van der Waals surface area (Å²) in [6, 6.07) is 12.1. The number of benzene rings is 2. The zero-order valence-electron chi connectivity index (χ0n) is 19.7. The van der Waals surface area contributed by atoms with Crippen LogP contribution in [0.1, 0.15) is 52.5 Å². The van der Waals surface area contributed by atoms with Crippen molar-refractivity contribution in [3.05, 3.63) is 98.5 Å². The molecule has 1 amide bonds. The summed E-state index contributed by atoms with van der Waals surface area (Å²) in [6.45, 7) is 2.44. The summed E-state index contributed by atoms with van der Waals surface area (Å²) in [7, 11) is 0. The van der Waals surface area contributed by atoms with Crippen molar-refractivity contribution < 1.29 is 18.7 Å². The Balaban J connectivity index is 1.56. The van der Waals surface area contributed by atoms with Crippen molar-refractivity contribution in [1.29, 1.82) is 0 Å². The lowest BCUT2D eigenvalue weighted by Crippen LogP contribution is -2.68. The van der Waals surface area contributed by atoms with Crippen LogP contribution < -0.4 is 10.4 Å². The number of nitrogens with zero attached hydrogens (tertiary/aromatic N) is 3. The van der Waals surface area contributed by atoms with E-state index in [4.69, 9.17) is 0 Å². The third-order valence-electron chi connectivity index (χ3n) is 8.61. The molecule has 0 spiro atoms. The molecule has 184 valence electrons. The SMILES string of the molecule is CC1N(CC2CC2)C(=O)c2c(O)c(=O)ccn2N1C12c3ccccc3CC1Cc1c2ccc(F)c1F. The van der Waals surface area contributed by atoms with Crippen molar-refractivity contribution in [2.45, 2.75) is 44.3 Å². The van der Waals surface area contributed by atoms with E-state index in [0.717, 1.165) is 24.0 Å². The first-order chi connectivity index (χ1) is 17.3. The minimum Gasteiger partial charge on any atom is -0.502 e. The molecule has 2 heterocycles. The van der Waals surface area contributed by atoms with E-state index in [-0.39, 0.29) is 11.6 Å². The Labute approximate surface area is 206 Å². The molecule has 36 heavy (non-hydrogen) atoms. The van der Waals surface area contributed by atoms with Crippen LogP contribution in [-0.2, 0) is 18.4 Å². The zero-order chi connectivity index (χ0) is 24.9. The molecule has 1 saturated carbocycles. The summed E-state index contributed by atoms with van der Waals surface area (Å²) in [6.07, 6.45) is 4.09. The molecule has 0 radical (unpaired) electrons. The molecule has 3 aliphatic carbocycles. The number of hydrogen-bond acceptors (Lipinski definition) is 4. The fourth-order valence-electron chi connectivity index (χ4n) is 6.91. The second-order valence-electron chi connectivity index (χ2n) is 10.5. The van der Waals surface area contributed by atoms with Crippen molar-refractivity contribution in [3.63, 3.8) is 0 Å². The van der Waals surface area contributed by atoms with Crippen LogP contribution in [-0.4, -0.2) is 33.3 Å². The van der Waals surface area contributed by atoms with Gasteiger partial charge in [0.1, 0.15) is 11.7 Å². The highest BCUT2D eigenvalue weighted by molar-refractivity contribution is 5.96. The average Bonchev–Trinajstić information content (AvgIpc) is 3.55. The molecule has 3 atom stereocenters. The van der Waals surface area contributed by atoms with E-state index in [9.17, 15) is 19.1 Å². The molecule has 8 heteroatoms. The van der Waals surface area contributed by atoms with Crippen LogP contribution in [0.4, 0.5) is 8.78 Å². The maximum atomic E-state index is 15.2. The van der Waals surface area contributed by atoms with Crippen molar-refractivity contribution in [1.82, 2.24) is 9.58 Å². The first kappa shape index (κ1) is 21.6. The Kier molecular flexibility index (Phi) is 4.31. The quantitative estimate of drug-likeness (QED) is 0.610. The van der Waals surface area contributed by atoms with Crippen molar-refractivity contribution in [2.24, 2.45) is 11.8 Å². The molecule has 0 bridgehead atoms. The average molecular weight is 490 g/mol. The fraction of sp³-hybridized carbons (Fsp3) is 0.357. The Hall–Kier alpha value is -3.68. The summed E-state index contributed by atoms with van der Waals surface area (Å²) in [5.74, 6) is -2.47. The topological polar surface area (TPSA) is 65.8 Å². The molecular formula is C28H25F2N3O3. The van der Waals surface area contributed by atoms with E-state index in [1.807, 2.05) is 30.1 Å². The highest BCUT2D eigenvalue weighted by Gasteiger charge is 2.61. The molecule has 2 aromatic carbocycles. The summed E-state index contributed by atoms with van der Waals surface area (Å²) in [4.78, 5) is 27.8. The van der Waals surface area contributed by atoms with Gasteiger partial charge in [-0.2, -0.15) is 0 Å². The first-order valence-corrected chi connectivity index (χ1v) is 12.4. The number of halogens is 2. The van der Waals surface area contributed by atoms with Gasteiger partial charge in [0.25, 0.3) is 5.91 Å². The minimum absolute atomic E-state index is 0.0882. The number of aromatic nitrogens is 1. The predicted octanol–water partition coefficient (Wildman–Crippen LogP) is 3.65. The Morgan fingerprint density at radius 3 is 2.58 bits per heavy atom. The van der Waals surface area contributed by atoms with Gasteiger partial charge in [0.2, 0.25) is 5.43 Å². The van der Waals surface area contributed by atoms with Gasteiger partial charge in [0, 0.05) is 24.7 Å². The molecule has 4 aliphatic rings. The highest BCUT2D eigenvalue weighted by Crippen LogP contribution is 2.58. The van der Waals surface area contributed by atoms with Crippen LogP contribution in [0.5, 0.6) is 5.75 Å². The maximum Gasteiger partial charge on any atom is 0.278 e. The molecule has 1 N–H and O–H groups in total. The molecule has 7 rings (SSSR count). The van der Waals surface area contributed by atoms with Crippen molar-refractivity contribution in [3.8, 4) is 5.75 Å². The van der Waals surface area contributed by atoms with E-state index in [1.165, 1.54) is 18.3 Å². The smallest absolute Gasteiger partial charge is 0.278 e. The number of carbonyl (C=O) groups excluding carboxylic acids is 1. The van der Waals surface area contributed by atoms with Gasteiger partial charge in [-0.1, -0.05) is 30.3 Å². The molecule has 1 aromatic heterocycles. The second kappa shape index (κ2) is 7.18. The first-order valence-electron chi connectivity index (χ1n) is 12.4. The lowest BCUT2D eigenvalue weighted by molar-refractivity contribution is 0.0502. The Morgan fingerprint density at radius 1 is 1.03 bits per heavy atom. The van der Waals surface area contributed by atoms with Gasteiger partial charge in [0.15, 0.2) is 23.1 Å². The standard InChI is InChI=1S/C28H25F2N3O3/c1-15-31(14-16-6-7-16)27(36)25-26(35)23(34)10-11-32(25)33(15)28-18(12-17-4-2-3-5-20(17)28)13-19-21(28)8-9-22(29)24(19)30/h2-5,8-11,15-16,18,35H,6-7,12-14H2,1H3. The van der Waals surface area contributed by atoms with Crippen LogP contribution in [0.3, 0.4) is 0 Å². The molecule has 1 aliphatic heterocycles. The molecule has 6 nitrogen and oxygen atoms in total. The number of aromatic hydroxyl groups is 1. The third-order valence-corrected chi connectivity index (χ3v) is 8.61. The summed E-state index contributed by atoms with van der Waals surface area (Å²) >= 11 is 0. The monoisotopic (exact) mass is 489 g/mol. The summed E-state index contributed by atoms with van der Waals surface area (Å²) in [5, 5.41) is 12.8. The Morgan fingerprint density at radius 2 is 1.81 bits per heavy atom. The number of pyridine rings is 1. The van der Waals surface area contributed by atoms with E-state index in [2.05, 4.69) is 6.07 Å². The second-order valence-corrected chi connectivity index (χ2v) is 10.5. The maximum absolute atomic E-state index is 15.2. The van der Waals surface area contributed by atoms with E-state index in [1.54, 1.807) is 15.6 Å². The zero-order valence-corrected chi connectivity index (χ0v) is 19.7. The van der Waals surface area contributed by atoms with Crippen LogP contribution in [0, 0.1) is 23.5 Å². The number of amides is 1. The molecule has 3 aromatic rings. The van der Waals surface area contributed by atoms with Gasteiger partial charge < -0.3 is 10.0 Å². The number of carbonyl (C=O) groups is 1. The van der Waals surface area contributed by atoms with Gasteiger partial charge in [-0.15, -0.1) is 0 Å². The van der Waals surface area contributed by atoms with Crippen LogP contribution >= 0.6 is 0 Å². The predicted molar refractivity (Wildman–Crippen MR) is 128 cm³/mol. The third kappa shape index (κ3) is 2.59. The Bertz CT molecular complexity index is 1510. The van der Waals surface area contributed by atoms with E-state index >= 15 is 4.39 Å². The van der Waals surface area contributed by atoms with Gasteiger partial charge in [0.05, 0.1) is 0 Å². The fourth-order valence-corrected chi connectivity index (χ4v) is 6.91. The van der Waals surface area contributed by atoms with Gasteiger partial charge in [-0.25, -0.2) is 8.78 Å². The van der Waals surface area contributed by atoms with Crippen molar-refractivity contribution in [2.75, 3.05) is 11.6 Å². The minimum atomic E-state index is -0.918. The van der Waals surface area contributed by atoms with Crippen LogP contribution in [0.15, 0.2) is 53.5 Å². The molecule has 1 fully saturated rings. The van der Waals surface area contributed by atoms with E-state index in [0.29, 0.717) is 36.4 Å². The van der Waals surface area contributed by atoms with Crippen LogP contribution in [0.2, 0.25) is 0 Å². The van der Waals surface area contributed by atoms with Gasteiger partial charge in [-0.05, 0) is 66.8 Å². The van der Waals surface area contributed by atoms with Crippen LogP contribution in [0.25, 0.3) is 0 Å². The number of rotatable bonds is 3. The molecular weight excluding hydrogens is 464 g/mol. The lowest BCUT2D eigenvalue weighted by Gasteiger charge is -2.54. The number of fused-ring (bicyclic) bond motifs is 6. The molecule has 0 saturated heterocycles. The summed E-state index contributed by atoms with van der Waals surface area (Å²) in [5.41, 5.74) is 1.45. The highest BCUT2D eigenvalue weighted by atomic mass is 19.2. The number of hydrogen-bond donors (Lipinski definition) is 1. The summed E-state index contributed by atoms with van der Waals surface area (Å²) < 4.78 is 31.2. The normalized spacial score (nSPS) is 26.0. The largest absolute Gasteiger partial charge is 0.502 e. The van der Waals surface area contributed by atoms with Crippen molar-refractivity contribution >= 4 is 5.91 Å².